The van der Waals surface area contributed by atoms with Crippen molar-refractivity contribution in [2.24, 2.45) is 0 Å². The molecule has 7 heteroatoms. The Morgan fingerprint density at radius 2 is 0.411 bits per heavy atom. The third-order valence-corrected chi connectivity index (χ3v) is 22.6. The van der Waals surface area contributed by atoms with Gasteiger partial charge in [-0.3, -0.25) is 0 Å². The lowest BCUT2D eigenvalue weighted by Gasteiger charge is -2.16. The van der Waals surface area contributed by atoms with E-state index in [2.05, 4.69) is 419 Å². The minimum absolute atomic E-state index is 0.557. The van der Waals surface area contributed by atoms with Crippen LogP contribution >= 0.6 is 0 Å². The quantitative estimate of drug-likeness (QED) is 0.116. The molecule has 0 aliphatic carbocycles. The van der Waals surface area contributed by atoms with E-state index in [0.29, 0.717) is 17.5 Å². The standard InChI is InChI=1S/C105H67N7/c1-6-26-68(27-7-1)73-48-53-85(69-28-8-2-9-29-69)94(67-73)105-107-103(70-30-10-3-11-31-70)106-104(108-105)80-59-78(71-32-24-38-83(61-71)111-97-46-22-18-42-88(97)92-65-76(51-56-101(92)111)74-49-54-99-90(63-74)86-40-16-20-44-95(86)109(99)81-34-12-4-13-35-81)58-79(60-80)72-33-25-39-84(62-72)112-98-47-23-19-43-89(98)93-66-77(52-57-102(93)112)75-50-55-100-91(64-75)87-41-17-21-45-96(87)110(100)82-36-14-5-15-37-82/h1-67H. The van der Waals surface area contributed by atoms with Crippen molar-refractivity contribution in [3.05, 3.63) is 406 Å². The summed E-state index contributed by atoms with van der Waals surface area (Å²) in [5, 5.41) is 9.65. The van der Waals surface area contributed by atoms with Crippen LogP contribution in [0.4, 0.5) is 0 Å². The molecule has 0 amide bonds. The van der Waals surface area contributed by atoms with Crippen LogP contribution < -0.4 is 0 Å². The molecule has 0 saturated carbocycles. The molecule has 7 nitrogen and oxygen atoms in total. The van der Waals surface area contributed by atoms with Gasteiger partial charge in [-0.15, -0.1) is 0 Å². The first kappa shape index (κ1) is 64.2. The third-order valence-electron chi connectivity index (χ3n) is 22.6. The zero-order valence-electron chi connectivity index (χ0n) is 60.8. The summed E-state index contributed by atoms with van der Waals surface area (Å²) in [6.45, 7) is 0. The van der Waals surface area contributed by atoms with Crippen LogP contribution in [-0.2, 0) is 0 Å². The van der Waals surface area contributed by atoms with Gasteiger partial charge >= 0.3 is 0 Å². The van der Waals surface area contributed by atoms with E-state index in [0.717, 1.165) is 117 Å². The number of aromatic nitrogens is 7. The van der Waals surface area contributed by atoms with Gasteiger partial charge in [-0.25, -0.2) is 15.0 Å². The van der Waals surface area contributed by atoms with Crippen LogP contribution in [0.25, 0.3) is 211 Å². The predicted octanol–water partition coefficient (Wildman–Crippen LogP) is 27.3. The highest BCUT2D eigenvalue weighted by molar-refractivity contribution is 6.15. The molecule has 112 heavy (non-hydrogen) atoms. The normalized spacial score (nSPS) is 11.8. The number of para-hydroxylation sites is 6. The Morgan fingerprint density at radius 1 is 0.134 bits per heavy atom. The van der Waals surface area contributed by atoms with Gasteiger partial charge in [-0.2, -0.15) is 0 Å². The lowest BCUT2D eigenvalue weighted by Crippen LogP contribution is -2.02. The highest BCUT2D eigenvalue weighted by atomic mass is 15.0. The molecule has 522 valence electrons. The fraction of sp³-hybridized carbons (Fsp3) is 0. The molecule has 0 aliphatic heterocycles. The molecule has 0 N–H and O–H groups in total. The molecule has 0 saturated heterocycles. The SMILES string of the molecule is c1ccc(-c2ccc(-c3ccccc3)c(-c3nc(-c4ccccc4)nc(-c4cc(-c5cccc(-n6c7ccccc7c7cc(-c8ccc9c(c8)c8ccccc8n9-c8ccccc8)ccc76)c5)cc(-c5cccc(-n6c7ccccc7c7cc(-c8ccc9c(c8)c8ccccc8n9-c8ccccc8)ccc76)c5)c4)n3)c2)cc1. The van der Waals surface area contributed by atoms with Crippen LogP contribution in [0.15, 0.2) is 406 Å². The molecule has 0 bridgehead atoms. The molecule has 22 aromatic rings. The van der Waals surface area contributed by atoms with Crippen LogP contribution in [0.2, 0.25) is 0 Å². The van der Waals surface area contributed by atoms with Crippen LogP contribution in [-0.4, -0.2) is 33.2 Å². The van der Waals surface area contributed by atoms with Gasteiger partial charge in [0.15, 0.2) is 17.5 Å². The predicted molar refractivity (Wildman–Crippen MR) is 466 cm³/mol. The highest BCUT2D eigenvalue weighted by Crippen LogP contribution is 2.45. The van der Waals surface area contributed by atoms with Crippen molar-refractivity contribution in [2.75, 3.05) is 0 Å². The minimum Gasteiger partial charge on any atom is -0.309 e. The maximum Gasteiger partial charge on any atom is 0.164 e. The van der Waals surface area contributed by atoms with E-state index < -0.39 is 0 Å². The Balaban J connectivity index is 0.705. The van der Waals surface area contributed by atoms with E-state index in [1.165, 1.54) is 76.3 Å². The monoisotopic (exact) mass is 1430 g/mol. The third kappa shape index (κ3) is 10.8. The van der Waals surface area contributed by atoms with Crippen molar-refractivity contribution in [1.29, 1.82) is 0 Å². The van der Waals surface area contributed by atoms with Crippen LogP contribution in [0.1, 0.15) is 0 Å². The molecule has 17 aromatic carbocycles. The summed E-state index contributed by atoms with van der Waals surface area (Å²) in [7, 11) is 0. The molecule has 5 heterocycles. The van der Waals surface area contributed by atoms with Gasteiger partial charge in [-0.05, 0) is 212 Å². The molecule has 0 fully saturated rings. The highest BCUT2D eigenvalue weighted by Gasteiger charge is 2.23. The van der Waals surface area contributed by atoms with E-state index in [1.54, 1.807) is 0 Å². The molecule has 0 unspecified atom stereocenters. The number of nitrogens with zero attached hydrogens (tertiary/aromatic N) is 7. The van der Waals surface area contributed by atoms with Crippen molar-refractivity contribution in [2.45, 2.75) is 0 Å². The number of benzene rings is 17. The van der Waals surface area contributed by atoms with E-state index in [1.807, 2.05) is 6.07 Å². The second kappa shape index (κ2) is 26.4. The summed E-state index contributed by atoms with van der Waals surface area (Å²) in [5.74, 6) is 1.71. The maximum absolute atomic E-state index is 5.65. The van der Waals surface area contributed by atoms with Crippen molar-refractivity contribution in [3.8, 4) is 124 Å². The van der Waals surface area contributed by atoms with Gasteiger partial charge in [0.1, 0.15) is 0 Å². The topological polar surface area (TPSA) is 58.4 Å². The maximum atomic E-state index is 5.65. The summed E-state index contributed by atoms with van der Waals surface area (Å²) in [6, 6.07) is 147. The van der Waals surface area contributed by atoms with Crippen LogP contribution in [0.3, 0.4) is 0 Å². The fourth-order valence-electron chi connectivity index (χ4n) is 17.4. The Kier molecular flexibility index (Phi) is 15.1. The summed E-state index contributed by atoms with van der Waals surface area (Å²) < 4.78 is 9.62. The first-order valence-electron chi connectivity index (χ1n) is 38.2. The Bertz CT molecular complexity index is 7140. The van der Waals surface area contributed by atoms with Crippen LogP contribution in [0, 0.1) is 0 Å². The second-order valence-corrected chi connectivity index (χ2v) is 29.1. The zero-order valence-corrected chi connectivity index (χ0v) is 60.8. The minimum atomic E-state index is 0.557. The molecule has 0 aliphatic rings. The van der Waals surface area contributed by atoms with E-state index in [4.69, 9.17) is 15.0 Å². The van der Waals surface area contributed by atoms with Gasteiger partial charge in [-0.1, -0.05) is 261 Å². The Morgan fingerprint density at radius 3 is 0.821 bits per heavy atom. The first-order valence-corrected chi connectivity index (χ1v) is 38.2. The molecule has 0 radical (unpaired) electrons. The van der Waals surface area contributed by atoms with Crippen LogP contribution in [0.5, 0.6) is 0 Å². The summed E-state index contributed by atoms with van der Waals surface area (Å²) >= 11 is 0. The summed E-state index contributed by atoms with van der Waals surface area (Å²) in [4.78, 5) is 16.6. The lowest BCUT2D eigenvalue weighted by atomic mass is 9.94. The molecular weight excluding hydrogens is 1360 g/mol. The van der Waals surface area contributed by atoms with E-state index >= 15 is 0 Å². The van der Waals surface area contributed by atoms with Crippen molar-refractivity contribution < 1.29 is 0 Å². The van der Waals surface area contributed by atoms with Gasteiger partial charge in [0, 0.05) is 82.5 Å². The molecule has 22 rings (SSSR count). The Labute approximate surface area is 646 Å². The first-order chi connectivity index (χ1) is 55.5. The summed E-state index contributed by atoms with van der Waals surface area (Å²) in [5.41, 5.74) is 29.3. The van der Waals surface area contributed by atoms with Gasteiger partial charge in [0.05, 0.1) is 44.1 Å². The average Bonchev–Trinajstić information content (AvgIpc) is 1.58. The number of hydrogen-bond donors (Lipinski definition) is 0. The van der Waals surface area contributed by atoms with Crippen molar-refractivity contribution in [1.82, 2.24) is 33.2 Å². The largest absolute Gasteiger partial charge is 0.309 e. The van der Waals surface area contributed by atoms with Gasteiger partial charge in [0.25, 0.3) is 0 Å². The van der Waals surface area contributed by atoms with E-state index in [9.17, 15) is 0 Å². The lowest BCUT2D eigenvalue weighted by molar-refractivity contribution is 1.07. The zero-order chi connectivity index (χ0) is 73.7. The van der Waals surface area contributed by atoms with Gasteiger partial charge in [0.2, 0.25) is 0 Å². The average molecular weight is 1430 g/mol. The fourth-order valence-corrected chi connectivity index (χ4v) is 17.4. The summed E-state index contributed by atoms with van der Waals surface area (Å²) in [6.07, 6.45) is 0. The second-order valence-electron chi connectivity index (χ2n) is 29.1. The number of hydrogen-bond acceptors (Lipinski definition) is 3. The van der Waals surface area contributed by atoms with Crippen molar-refractivity contribution in [3.63, 3.8) is 0 Å². The molecular formula is C105H67N7. The Hall–Kier alpha value is -15.1. The van der Waals surface area contributed by atoms with E-state index in [-0.39, 0.29) is 0 Å². The number of fused-ring (bicyclic) bond motifs is 12. The smallest absolute Gasteiger partial charge is 0.164 e. The molecule has 5 aromatic heterocycles. The van der Waals surface area contributed by atoms with Crippen molar-refractivity contribution >= 4 is 87.2 Å². The molecule has 0 atom stereocenters. The molecule has 0 spiro atoms. The van der Waals surface area contributed by atoms with Gasteiger partial charge < -0.3 is 18.3 Å². The number of rotatable bonds is 13.